The Balaban J connectivity index is 1.89. The lowest BCUT2D eigenvalue weighted by atomic mass is 10.1. The Labute approximate surface area is 183 Å². The Morgan fingerprint density at radius 1 is 1.06 bits per heavy atom. The van der Waals surface area contributed by atoms with Gasteiger partial charge in [-0.25, -0.2) is 4.98 Å². The predicted molar refractivity (Wildman–Crippen MR) is 125 cm³/mol. The normalized spacial score (nSPS) is 11.2. The molecule has 0 amide bonds. The number of hydrogen-bond donors (Lipinski definition) is 1. The van der Waals surface area contributed by atoms with E-state index in [0.717, 1.165) is 25.1 Å². The number of methoxy groups -OCH3 is 2. The van der Waals surface area contributed by atoms with Gasteiger partial charge in [0, 0.05) is 31.8 Å². The van der Waals surface area contributed by atoms with E-state index < -0.39 is 0 Å². The van der Waals surface area contributed by atoms with E-state index in [1.165, 1.54) is 5.56 Å². The lowest BCUT2D eigenvalue weighted by Gasteiger charge is -2.20. The first-order valence-electron chi connectivity index (χ1n) is 10.5. The third-order valence-corrected chi connectivity index (χ3v) is 5.40. The molecule has 0 bridgehead atoms. The van der Waals surface area contributed by atoms with Crippen molar-refractivity contribution in [3.8, 4) is 11.5 Å². The molecular formula is C24H32N4O3. The number of nitrogens with one attached hydrogen (secondary N) is 1. The first-order chi connectivity index (χ1) is 14.9. The third-order valence-electron chi connectivity index (χ3n) is 5.40. The maximum Gasteiger partial charge on any atom is 0.260 e. The maximum atomic E-state index is 12.9. The number of aryl methyl sites for hydroxylation is 1. The van der Waals surface area contributed by atoms with Crippen LogP contribution < -0.4 is 19.9 Å². The zero-order chi connectivity index (χ0) is 22.5. The van der Waals surface area contributed by atoms with Crippen LogP contribution in [-0.4, -0.2) is 49.7 Å². The van der Waals surface area contributed by atoms with Crippen LogP contribution in [0.15, 0.2) is 35.1 Å². The van der Waals surface area contributed by atoms with Crippen molar-refractivity contribution in [2.75, 3.05) is 39.8 Å². The van der Waals surface area contributed by atoms with Crippen LogP contribution in [0.1, 0.15) is 30.0 Å². The molecule has 0 saturated heterocycles. The lowest BCUT2D eigenvalue weighted by molar-refractivity contribution is 0.327. The summed E-state index contributed by atoms with van der Waals surface area (Å²) in [6.45, 7) is 6.64. The molecule has 0 atom stereocenters. The maximum absolute atomic E-state index is 12.9. The minimum Gasteiger partial charge on any atom is -0.493 e. The molecular weight excluding hydrogens is 392 g/mol. The van der Waals surface area contributed by atoms with Gasteiger partial charge in [0.15, 0.2) is 11.5 Å². The second-order valence-electron chi connectivity index (χ2n) is 7.93. The quantitative estimate of drug-likeness (QED) is 0.564. The molecule has 0 spiro atoms. The van der Waals surface area contributed by atoms with Crippen molar-refractivity contribution in [1.82, 2.24) is 14.9 Å². The van der Waals surface area contributed by atoms with Crippen LogP contribution in [0.25, 0.3) is 10.9 Å². The highest BCUT2D eigenvalue weighted by molar-refractivity contribution is 5.86. The van der Waals surface area contributed by atoms with Gasteiger partial charge in [0.05, 0.1) is 25.1 Å². The summed E-state index contributed by atoms with van der Waals surface area (Å²) in [6.07, 6.45) is 1.13. The van der Waals surface area contributed by atoms with Crippen LogP contribution in [0.5, 0.6) is 11.5 Å². The third kappa shape index (κ3) is 4.99. The summed E-state index contributed by atoms with van der Waals surface area (Å²) >= 11 is 0. The van der Waals surface area contributed by atoms with Crippen molar-refractivity contribution >= 4 is 16.9 Å². The summed E-state index contributed by atoms with van der Waals surface area (Å²) in [5.41, 5.74) is 3.53. The predicted octanol–water partition coefficient (Wildman–Crippen LogP) is 3.73. The van der Waals surface area contributed by atoms with Gasteiger partial charge < -0.3 is 19.3 Å². The van der Waals surface area contributed by atoms with Crippen LogP contribution in [-0.2, 0) is 13.1 Å². The van der Waals surface area contributed by atoms with E-state index in [1.54, 1.807) is 20.3 Å². The van der Waals surface area contributed by atoms with Crippen LogP contribution in [0.3, 0.4) is 0 Å². The van der Waals surface area contributed by atoms with Crippen molar-refractivity contribution in [2.45, 2.75) is 33.4 Å². The number of H-pyrrole nitrogens is 1. The second-order valence-corrected chi connectivity index (χ2v) is 7.93. The fraction of sp³-hybridized carbons (Fsp3) is 0.417. The first kappa shape index (κ1) is 22.6. The molecule has 7 heteroatoms. The molecule has 0 aliphatic carbocycles. The van der Waals surface area contributed by atoms with E-state index in [9.17, 15) is 4.79 Å². The second kappa shape index (κ2) is 9.83. The molecule has 1 N–H and O–H groups in total. The molecule has 31 heavy (non-hydrogen) atoms. The van der Waals surface area contributed by atoms with Gasteiger partial charge in [-0.3, -0.25) is 9.78 Å². The van der Waals surface area contributed by atoms with Gasteiger partial charge >= 0.3 is 0 Å². The molecule has 1 aromatic heterocycles. The van der Waals surface area contributed by atoms with Gasteiger partial charge in [-0.2, -0.15) is 0 Å². The fourth-order valence-electron chi connectivity index (χ4n) is 3.97. The Bertz CT molecular complexity index is 1110. The van der Waals surface area contributed by atoms with E-state index in [4.69, 9.17) is 14.5 Å². The number of anilines is 1. The molecule has 0 radical (unpaired) electrons. The van der Waals surface area contributed by atoms with Gasteiger partial charge in [0.25, 0.3) is 5.56 Å². The Morgan fingerprint density at radius 2 is 1.77 bits per heavy atom. The number of aromatic amines is 1. The average molecular weight is 425 g/mol. The van der Waals surface area contributed by atoms with Crippen molar-refractivity contribution < 1.29 is 9.47 Å². The van der Waals surface area contributed by atoms with Gasteiger partial charge in [-0.15, -0.1) is 0 Å². The minimum atomic E-state index is -0.194. The lowest BCUT2D eigenvalue weighted by Crippen LogP contribution is -2.23. The van der Waals surface area contributed by atoms with Crippen molar-refractivity contribution in [3.05, 3.63) is 57.4 Å². The molecule has 1 heterocycles. The van der Waals surface area contributed by atoms with Gasteiger partial charge in [-0.05, 0) is 38.1 Å². The molecule has 166 valence electrons. The highest BCUT2D eigenvalue weighted by Gasteiger charge is 2.17. The topological polar surface area (TPSA) is 70.7 Å². The fourth-order valence-corrected chi connectivity index (χ4v) is 3.97. The summed E-state index contributed by atoms with van der Waals surface area (Å²) in [5.74, 6) is 1.62. The number of rotatable bonds is 9. The molecule has 0 aliphatic rings. The van der Waals surface area contributed by atoms with Crippen molar-refractivity contribution in [2.24, 2.45) is 0 Å². The van der Waals surface area contributed by atoms with Crippen LogP contribution in [0, 0.1) is 6.92 Å². The number of ether oxygens (including phenoxy) is 2. The van der Waals surface area contributed by atoms with E-state index >= 15 is 0 Å². The number of aromatic nitrogens is 2. The van der Waals surface area contributed by atoms with Gasteiger partial charge in [0.2, 0.25) is 5.95 Å². The highest BCUT2D eigenvalue weighted by atomic mass is 16.5. The standard InChI is InChI=1S/C24H32N4O3/c1-7-11-27(3)14-17-9-8-10-18(12-17)15-28(4)24-25-19-13-20(30-5)22(31-6)16(2)21(19)23(29)26-24/h8-10,12-13H,7,11,14-15H2,1-6H3,(H,25,26,29). The van der Waals surface area contributed by atoms with E-state index in [2.05, 4.69) is 48.1 Å². The smallest absolute Gasteiger partial charge is 0.260 e. The van der Waals surface area contributed by atoms with Crippen LogP contribution in [0.4, 0.5) is 5.95 Å². The SMILES string of the molecule is CCCN(C)Cc1cccc(CN(C)c2nc3cc(OC)c(OC)c(C)c3c(=O)[nH]2)c1. The number of nitrogens with zero attached hydrogens (tertiary/aromatic N) is 3. The largest absolute Gasteiger partial charge is 0.493 e. The summed E-state index contributed by atoms with van der Waals surface area (Å²) in [5, 5.41) is 0.510. The van der Waals surface area contributed by atoms with Crippen molar-refractivity contribution in [1.29, 1.82) is 0 Å². The molecule has 0 unspecified atom stereocenters. The highest BCUT2D eigenvalue weighted by Crippen LogP contribution is 2.35. The first-order valence-corrected chi connectivity index (χ1v) is 10.5. The van der Waals surface area contributed by atoms with Crippen molar-refractivity contribution in [3.63, 3.8) is 0 Å². The zero-order valence-electron chi connectivity index (χ0n) is 19.3. The number of fused-ring (bicyclic) bond motifs is 1. The average Bonchev–Trinajstić information content (AvgIpc) is 2.73. The Morgan fingerprint density at radius 3 is 2.42 bits per heavy atom. The summed E-state index contributed by atoms with van der Waals surface area (Å²) in [6, 6.07) is 10.3. The Hall–Kier alpha value is -3.06. The Kier molecular flexibility index (Phi) is 7.17. The van der Waals surface area contributed by atoms with Gasteiger partial charge in [0.1, 0.15) is 0 Å². The summed E-state index contributed by atoms with van der Waals surface area (Å²) in [7, 11) is 7.20. The molecule has 7 nitrogen and oxygen atoms in total. The van der Waals surface area contributed by atoms with Crippen LogP contribution >= 0.6 is 0 Å². The number of hydrogen-bond acceptors (Lipinski definition) is 6. The monoisotopic (exact) mass is 424 g/mol. The molecule has 0 saturated carbocycles. The number of benzene rings is 2. The van der Waals surface area contributed by atoms with E-state index in [-0.39, 0.29) is 5.56 Å². The minimum absolute atomic E-state index is 0.194. The molecule has 3 rings (SSSR count). The van der Waals surface area contributed by atoms with E-state index in [1.807, 2.05) is 18.9 Å². The summed E-state index contributed by atoms with van der Waals surface area (Å²) in [4.78, 5) is 24.7. The molecule has 0 fully saturated rings. The molecule has 2 aromatic carbocycles. The van der Waals surface area contributed by atoms with Crippen LogP contribution in [0.2, 0.25) is 0 Å². The van der Waals surface area contributed by atoms with Gasteiger partial charge in [-0.1, -0.05) is 31.2 Å². The molecule has 0 aliphatic heterocycles. The van der Waals surface area contributed by atoms with E-state index in [0.29, 0.717) is 40.5 Å². The molecule has 3 aromatic rings. The summed E-state index contributed by atoms with van der Waals surface area (Å²) < 4.78 is 10.8. The zero-order valence-corrected chi connectivity index (χ0v) is 19.3.